The summed E-state index contributed by atoms with van der Waals surface area (Å²) in [6.45, 7) is 3.15. The Bertz CT molecular complexity index is 364. The SMILES string of the molecule is CC(=O)C[n+]1ccccc1C1OCCO1.[Br-]. The molecular formula is C11H14BrNO3. The number of nitrogens with zero attached hydrogens (tertiary/aromatic N) is 1. The van der Waals surface area contributed by atoms with Gasteiger partial charge in [0.05, 0.1) is 13.2 Å². The molecule has 0 N–H and O–H groups in total. The minimum atomic E-state index is -0.328. The summed E-state index contributed by atoms with van der Waals surface area (Å²) in [4.78, 5) is 11.1. The Labute approximate surface area is 105 Å². The predicted octanol–water partition coefficient (Wildman–Crippen LogP) is -2.39. The van der Waals surface area contributed by atoms with Gasteiger partial charge in [-0.1, -0.05) is 0 Å². The molecule has 2 heterocycles. The van der Waals surface area contributed by atoms with Crippen molar-refractivity contribution in [1.82, 2.24) is 0 Å². The molecule has 1 aromatic heterocycles. The first-order valence-electron chi connectivity index (χ1n) is 4.98. The quantitative estimate of drug-likeness (QED) is 0.583. The molecule has 1 aromatic rings. The average Bonchev–Trinajstić information content (AvgIpc) is 2.70. The highest BCUT2D eigenvalue weighted by Crippen LogP contribution is 2.19. The Kier molecular flexibility index (Phi) is 5.05. The van der Waals surface area contributed by atoms with Gasteiger partial charge in [-0.3, -0.25) is 4.79 Å². The highest BCUT2D eigenvalue weighted by atomic mass is 79.9. The highest BCUT2D eigenvalue weighted by molar-refractivity contribution is 5.73. The third-order valence-electron chi connectivity index (χ3n) is 2.23. The van der Waals surface area contributed by atoms with Gasteiger partial charge < -0.3 is 26.5 Å². The van der Waals surface area contributed by atoms with E-state index in [9.17, 15) is 4.79 Å². The maximum atomic E-state index is 11.1. The summed E-state index contributed by atoms with van der Waals surface area (Å²) < 4.78 is 12.7. The van der Waals surface area contributed by atoms with Crippen molar-refractivity contribution in [2.24, 2.45) is 0 Å². The van der Waals surface area contributed by atoms with Gasteiger partial charge >= 0.3 is 0 Å². The normalized spacial score (nSPS) is 15.8. The third kappa shape index (κ3) is 3.10. The zero-order valence-corrected chi connectivity index (χ0v) is 10.6. The van der Waals surface area contributed by atoms with Crippen LogP contribution in [0.25, 0.3) is 0 Å². The summed E-state index contributed by atoms with van der Waals surface area (Å²) in [6.07, 6.45) is 1.53. The second kappa shape index (κ2) is 6.08. The zero-order valence-electron chi connectivity index (χ0n) is 9.06. The van der Waals surface area contributed by atoms with Crippen LogP contribution in [0.3, 0.4) is 0 Å². The number of rotatable bonds is 3. The van der Waals surface area contributed by atoms with Gasteiger partial charge in [0.15, 0.2) is 12.0 Å². The Morgan fingerprint density at radius 3 is 2.75 bits per heavy atom. The second-order valence-corrected chi connectivity index (χ2v) is 3.53. The number of pyridine rings is 1. The van der Waals surface area contributed by atoms with Crippen molar-refractivity contribution < 1.29 is 35.8 Å². The molecule has 1 aliphatic heterocycles. The van der Waals surface area contributed by atoms with Crippen LogP contribution in [-0.4, -0.2) is 19.0 Å². The first-order valence-corrected chi connectivity index (χ1v) is 4.98. The van der Waals surface area contributed by atoms with Crippen molar-refractivity contribution in [2.45, 2.75) is 19.8 Å². The topological polar surface area (TPSA) is 39.4 Å². The fraction of sp³-hybridized carbons (Fsp3) is 0.455. The standard InChI is InChI=1S/C11H14NO3.BrH/c1-9(13)8-12-5-3-2-4-10(12)11-14-6-7-15-11;/h2-5,11H,6-8H2,1H3;1H/q+1;/p-1. The van der Waals surface area contributed by atoms with E-state index in [-0.39, 0.29) is 29.1 Å². The van der Waals surface area contributed by atoms with E-state index in [1.807, 2.05) is 29.0 Å². The predicted molar refractivity (Wildman–Crippen MR) is 52.0 cm³/mol. The van der Waals surface area contributed by atoms with Crippen LogP contribution >= 0.6 is 0 Å². The number of hydrogen-bond donors (Lipinski definition) is 0. The maximum Gasteiger partial charge on any atom is 0.245 e. The maximum absolute atomic E-state index is 11.1. The van der Waals surface area contributed by atoms with Gasteiger partial charge in [0, 0.05) is 19.1 Å². The summed E-state index contributed by atoms with van der Waals surface area (Å²) in [6, 6.07) is 5.72. The van der Waals surface area contributed by atoms with Crippen LogP contribution in [0, 0.1) is 0 Å². The van der Waals surface area contributed by atoms with Crippen LogP contribution in [0.2, 0.25) is 0 Å². The molecule has 2 rings (SSSR count). The molecule has 0 radical (unpaired) electrons. The third-order valence-corrected chi connectivity index (χ3v) is 2.23. The van der Waals surface area contributed by atoms with Crippen LogP contribution in [0.1, 0.15) is 18.9 Å². The monoisotopic (exact) mass is 287 g/mol. The van der Waals surface area contributed by atoms with Crippen molar-refractivity contribution in [3.63, 3.8) is 0 Å². The van der Waals surface area contributed by atoms with E-state index in [1.54, 1.807) is 6.92 Å². The Morgan fingerprint density at radius 1 is 1.44 bits per heavy atom. The Morgan fingerprint density at radius 2 is 2.12 bits per heavy atom. The summed E-state index contributed by atoms with van der Waals surface area (Å²) in [5, 5.41) is 0. The smallest absolute Gasteiger partial charge is 0.245 e. The lowest BCUT2D eigenvalue weighted by Crippen LogP contribution is -3.00. The van der Waals surface area contributed by atoms with Gasteiger partial charge in [0.1, 0.15) is 0 Å². The van der Waals surface area contributed by atoms with Gasteiger partial charge in [-0.05, 0) is 6.07 Å². The molecule has 0 atom stereocenters. The number of Topliss-reactive ketones (excluding diaryl/α,β-unsaturated/α-hetero) is 1. The lowest BCUT2D eigenvalue weighted by molar-refractivity contribution is -0.697. The van der Waals surface area contributed by atoms with Crippen molar-refractivity contribution >= 4 is 5.78 Å². The van der Waals surface area contributed by atoms with Crippen molar-refractivity contribution in [1.29, 1.82) is 0 Å². The molecule has 1 saturated heterocycles. The van der Waals surface area contributed by atoms with E-state index in [0.717, 1.165) is 5.69 Å². The van der Waals surface area contributed by atoms with Crippen molar-refractivity contribution in [3.05, 3.63) is 30.1 Å². The molecular weight excluding hydrogens is 274 g/mol. The van der Waals surface area contributed by atoms with E-state index in [2.05, 4.69) is 0 Å². The molecule has 1 fully saturated rings. The molecule has 1 aliphatic rings. The summed E-state index contributed by atoms with van der Waals surface area (Å²) in [5.74, 6) is 0.116. The molecule has 5 heteroatoms. The molecule has 0 unspecified atom stereocenters. The summed E-state index contributed by atoms with van der Waals surface area (Å²) in [5.41, 5.74) is 0.894. The van der Waals surface area contributed by atoms with Crippen molar-refractivity contribution in [3.8, 4) is 0 Å². The van der Waals surface area contributed by atoms with Gasteiger partial charge in [-0.15, -0.1) is 0 Å². The largest absolute Gasteiger partial charge is 1.00 e. The lowest BCUT2D eigenvalue weighted by atomic mass is 10.3. The van der Waals surface area contributed by atoms with Gasteiger partial charge in [-0.2, -0.15) is 4.57 Å². The van der Waals surface area contributed by atoms with E-state index < -0.39 is 0 Å². The van der Waals surface area contributed by atoms with E-state index in [0.29, 0.717) is 19.8 Å². The highest BCUT2D eigenvalue weighted by Gasteiger charge is 2.27. The number of ketones is 1. The minimum Gasteiger partial charge on any atom is -1.00 e. The molecule has 0 amide bonds. The number of carbonyl (C=O) groups excluding carboxylic acids is 1. The van der Waals surface area contributed by atoms with Gasteiger partial charge in [-0.25, -0.2) is 0 Å². The summed E-state index contributed by atoms with van der Waals surface area (Å²) in [7, 11) is 0. The number of carbonyl (C=O) groups is 1. The van der Waals surface area contributed by atoms with Crippen molar-refractivity contribution in [2.75, 3.05) is 13.2 Å². The van der Waals surface area contributed by atoms with Crippen LogP contribution in [0.5, 0.6) is 0 Å². The van der Waals surface area contributed by atoms with Crippen LogP contribution < -0.4 is 21.5 Å². The van der Waals surface area contributed by atoms with E-state index >= 15 is 0 Å². The zero-order chi connectivity index (χ0) is 10.7. The summed E-state index contributed by atoms with van der Waals surface area (Å²) >= 11 is 0. The van der Waals surface area contributed by atoms with E-state index in [1.165, 1.54) is 0 Å². The Balaban J connectivity index is 0.00000128. The van der Waals surface area contributed by atoms with Gasteiger partial charge in [0.2, 0.25) is 18.5 Å². The number of halogens is 1. The first kappa shape index (κ1) is 13.3. The van der Waals surface area contributed by atoms with Gasteiger partial charge in [0.25, 0.3) is 0 Å². The molecule has 0 aromatic carbocycles. The second-order valence-electron chi connectivity index (χ2n) is 3.53. The molecule has 0 aliphatic carbocycles. The molecule has 4 nitrogen and oxygen atoms in total. The first-order chi connectivity index (χ1) is 7.27. The molecule has 0 spiro atoms. The fourth-order valence-electron chi connectivity index (χ4n) is 1.62. The van der Waals surface area contributed by atoms with Crippen LogP contribution in [0.15, 0.2) is 24.4 Å². The lowest BCUT2D eigenvalue weighted by Gasteiger charge is -2.07. The van der Waals surface area contributed by atoms with Crippen LogP contribution in [0.4, 0.5) is 0 Å². The number of aromatic nitrogens is 1. The Hall–Kier alpha value is -0.780. The number of hydrogen-bond acceptors (Lipinski definition) is 3. The van der Waals surface area contributed by atoms with Crippen LogP contribution in [-0.2, 0) is 20.8 Å². The molecule has 88 valence electrons. The molecule has 0 bridgehead atoms. The average molecular weight is 288 g/mol. The minimum absolute atomic E-state index is 0. The number of ether oxygens (including phenoxy) is 2. The molecule has 16 heavy (non-hydrogen) atoms. The van der Waals surface area contributed by atoms with E-state index in [4.69, 9.17) is 9.47 Å². The molecule has 0 saturated carbocycles. The fourth-order valence-corrected chi connectivity index (χ4v) is 1.62.